The number of hydrogen-bond donors (Lipinski definition) is 2. The van der Waals surface area contributed by atoms with Crippen LogP contribution in [0.15, 0.2) is 48.5 Å². The second kappa shape index (κ2) is 8.90. The molecule has 1 amide bonds. The predicted octanol–water partition coefficient (Wildman–Crippen LogP) is 4.33. The van der Waals surface area contributed by atoms with Crippen LogP contribution < -0.4 is 10.6 Å². The fourth-order valence-corrected chi connectivity index (χ4v) is 3.68. The van der Waals surface area contributed by atoms with E-state index in [1.807, 2.05) is 6.07 Å². The lowest BCUT2D eigenvalue weighted by Crippen LogP contribution is -2.50. The van der Waals surface area contributed by atoms with Crippen LogP contribution in [-0.4, -0.2) is 23.8 Å². The van der Waals surface area contributed by atoms with Crippen molar-refractivity contribution in [1.29, 1.82) is 5.26 Å². The van der Waals surface area contributed by atoms with Crippen LogP contribution in [0.4, 0.5) is 5.69 Å². The zero-order valence-corrected chi connectivity index (χ0v) is 16.3. The maximum Gasteiger partial charge on any atom is 0.240 e. The van der Waals surface area contributed by atoms with Gasteiger partial charge in [0.05, 0.1) is 12.6 Å². The monoisotopic (exact) mass is 395 g/mol. The van der Waals surface area contributed by atoms with Gasteiger partial charge in [0.2, 0.25) is 5.91 Å². The van der Waals surface area contributed by atoms with Crippen molar-refractivity contribution in [1.82, 2.24) is 5.32 Å². The fourth-order valence-electron chi connectivity index (χ4n) is 3.51. The molecule has 0 radical (unpaired) electrons. The lowest BCUT2D eigenvalue weighted by molar-refractivity contribution is -0.121. The van der Waals surface area contributed by atoms with E-state index in [0.29, 0.717) is 34.7 Å². The Bertz CT molecular complexity index is 900. The van der Waals surface area contributed by atoms with Crippen LogP contribution in [0.2, 0.25) is 5.02 Å². The summed E-state index contributed by atoms with van der Waals surface area (Å²) < 4.78 is 0. The highest BCUT2D eigenvalue weighted by molar-refractivity contribution is 6.31. The van der Waals surface area contributed by atoms with Gasteiger partial charge in [-0.15, -0.1) is 0 Å². The molecular weight excluding hydrogens is 374 g/mol. The predicted molar refractivity (Wildman–Crippen MR) is 109 cm³/mol. The molecule has 1 aliphatic rings. The van der Waals surface area contributed by atoms with Crippen molar-refractivity contribution in [3.05, 3.63) is 64.7 Å². The molecule has 144 valence electrons. The molecule has 0 bridgehead atoms. The van der Waals surface area contributed by atoms with E-state index in [-0.39, 0.29) is 18.2 Å². The number of halogens is 1. The van der Waals surface area contributed by atoms with Gasteiger partial charge in [-0.25, -0.2) is 0 Å². The van der Waals surface area contributed by atoms with Crippen LogP contribution in [-0.2, 0) is 4.79 Å². The average Bonchev–Trinajstić information content (AvgIpc) is 2.73. The Kier molecular flexibility index (Phi) is 6.33. The Morgan fingerprint density at radius 3 is 2.46 bits per heavy atom. The molecule has 0 unspecified atom stereocenters. The van der Waals surface area contributed by atoms with Gasteiger partial charge < -0.3 is 10.6 Å². The van der Waals surface area contributed by atoms with E-state index in [1.165, 1.54) is 0 Å². The molecule has 1 aliphatic carbocycles. The number of amides is 1. The van der Waals surface area contributed by atoms with Crippen molar-refractivity contribution in [2.75, 3.05) is 11.9 Å². The maximum atomic E-state index is 12.8. The normalized spacial score (nSPS) is 15.3. The number of hydrogen-bond acceptors (Lipinski definition) is 4. The minimum atomic E-state index is -0.778. The second-order valence-electron chi connectivity index (χ2n) is 7.04. The van der Waals surface area contributed by atoms with Crippen molar-refractivity contribution in [2.24, 2.45) is 0 Å². The smallest absolute Gasteiger partial charge is 0.240 e. The molecule has 2 aromatic rings. The molecule has 2 aromatic carbocycles. The Morgan fingerprint density at radius 1 is 1.07 bits per heavy atom. The molecule has 1 fully saturated rings. The average molecular weight is 396 g/mol. The van der Waals surface area contributed by atoms with Crippen LogP contribution in [0.3, 0.4) is 0 Å². The zero-order valence-electron chi connectivity index (χ0n) is 15.5. The third-order valence-corrected chi connectivity index (χ3v) is 5.24. The standard InChI is InChI=1S/C22H22ClN3O2/c23-17-9-10-19(18(13-17)21(28)16-7-3-1-4-8-16)25-14-20(27)26-22(15-24)11-5-2-6-12-22/h1,3-4,7-10,13,25H,2,5-6,11-12,14H2,(H,26,27). The van der Waals surface area contributed by atoms with Gasteiger partial charge in [0, 0.05) is 21.8 Å². The highest BCUT2D eigenvalue weighted by Crippen LogP contribution is 2.28. The minimum Gasteiger partial charge on any atom is -0.376 e. The third kappa shape index (κ3) is 4.71. The highest BCUT2D eigenvalue weighted by Gasteiger charge is 2.33. The quantitative estimate of drug-likeness (QED) is 0.713. The summed E-state index contributed by atoms with van der Waals surface area (Å²) in [6.45, 7) is -0.0276. The Labute approximate surface area is 169 Å². The van der Waals surface area contributed by atoms with Crippen molar-refractivity contribution in [3.8, 4) is 6.07 Å². The summed E-state index contributed by atoms with van der Waals surface area (Å²) in [6.07, 6.45) is 4.32. The number of carbonyl (C=O) groups is 2. The van der Waals surface area contributed by atoms with Crippen LogP contribution in [0.25, 0.3) is 0 Å². The van der Waals surface area contributed by atoms with Gasteiger partial charge in [-0.05, 0) is 31.0 Å². The number of carbonyl (C=O) groups excluding carboxylic acids is 2. The Hall–Kier alpha value is -2.84. The van der Waals surface area contributed by atoms with Crippen molar-refractivity contribution >= 4 is 29.0 Å². The van der Waals surface area contributed by atoms with E-state index in [2.05, 4.69) is 16.7 Å². The van der Waals surface area contributed by atoms with Crippen molar-refractivity contribution in [3.63, 3.8) is 0 Å². The molecule has 2 N–H and O–H groups in total. The molecular formula is C22H22ClN3O2. The van der Waals surface area contributed by atoms with Gasteiger partial charge in [0.25, 0.3) is 0 Å². The van der Waals surface area contributed by atoms with Gasteiger partial charge >= 0.3 is 0 Å². The fraction of sp³-hybridized carbons (Fsp3) is 0.318. The molecule has 0 spiro atoms. The molecule has 28 heavy (non-hydrogen) atoms. The van der Waals surface area contributed by atoms with Gasteiger partial charge in [-0.2, -0.15) is 5.26 Å². The van der Waals surface area contributed by atoms with E-state index in [0.717, 1.165) is 19.3 Å². The first kappa shape index (κ1) is 19.9. The van der Waals surface area contributed by atoms with Gasteiger partial charge in [0.15, 0.2) is 5.78 Å². The molecule has 0 aromatic heterocycles. The van der Waals surface area contributed by atoms with Crippen LogP contribution >= 0.6 is 11.6 Å². The molecule has 0 heterocycles. The Balaban J connectivity index is 1.71. The molecule has 6 heteroatoms. The molecule has 0 aliphatic heterocycles. The molecule has 1 saturated carbocycles. The number of rotatable bonds is 6. The van der Waals surface area contributed by atoms with Crippen LogP contribution in [0.1, 0.15) is 48.0 Å². The van der Waals surface area contributed by atoms with E-state index in [4.69, 9.17) is 11.6 Å². The summed E-state index contributed by atoms with van der Waals surface area (Å²) >= 11 is 6.08. The van der Waals surface area contributed by atoms with Crippen molar-refractivity contribution in [2.45, 2.75) is 37.6 Å². The number of anilines is 1. The first-order chi connectivity index (χ1) is 13.5. The topological polar surface area (TPSA) is 82.0 Å². The second-order valence-corrected chi connectivity index (χ2v) is 7.48. The number of nitrogens with one attached hydrogen (secondary N) is 2. The number of benzene rings is 2. The lowest BCUT2D eigenvalue weighted by Gasteiger charge is -2.31. The van der Waals surface area contributed by atoms with Crippen LogP contribution in [0.5, 0.6) is 0 Å². The van der Waals surface area contributed by atoms with Crippen molar-refractivity contribution < 1.29 is 9.59 Å². The first-order valence-electron chi connectivity index (χ1n) is 9.38. The summed E-state index contributed by atoms with van der Waals surface area (Å²) in [6, 6.07) is 16.1. The maximum absolute atomic E-state index is 12.8. The van der Waals surface area contributed by atoms with Crippen LogP contribution in [0, 0.1) is 11.3 Å². The summed E-state index contributed by atoms with van der Waals surface area (Å²) in [7, 11) is 0. The van der Waals surface area contributed by atoms with E-state index in [1.54, 1.807) is 42.5 Å². The number of nitriles is 1. The summed E-state index contributed by atoms with van der Waals surface area (Å²) in [5.41, 5.74) is 0.699. The number of ketones is 1. The summed E-state index contributed by atoms with van der Waals surface area (Å²) in [5, 5.41) is 15.8. The molecule has 5 nitrogen and oxygen atoms in total. The van der Waals surface area contributed by atoms with E-state index >= 15 is 0 Å². The zero-order chi connectivity index (χ0) is 20.0. The Morgan fingerprint density at radius 2 is 1.79 bits per heavy atom. The van der Waals surface area contributed by atoms with Gasteiger partial charge in [-0.3, -0.25) is 9.59 Å². The minimum absolute atomic E-state index is 0.0276. The SMILES string of the molecule is N#CC1(NC(=O)CNc2ccc(Cl)cc2C(=O)c2ccccc2)CCCCC1. The van der Waals surface area contributed by atoms with E-state index < -0.39 is 5.54 Å². The number of nitrogens with zero attached hydrogens (tertiary/aromatic N) is 1. The van der Waals surface area contributed by atoms with Gasteiger partial charge in [-0.1, -0.05) is 61.2 Å². The highest BCUT2D eigenvalue weighted by atomic mass is 35.5. The molecule has 0 atom stereocenters. The third-order valence-electron chi connectivity index (χ3n) is 5.00. The van der Waals surface area contributed by atoms with Gasteiger partial charge in [0.1, 0.15) is 5.54 Å². The summed E-state index contributed by atoms with van der Waals surface area (Å²) in [5.74, 6) is -0.441. The first-order valence-corrected chi connectivity index (χ1v) is 9.76. The van der Waals surface area contributed by atoms with E-state index in [9.17, 15) is 14.9 Å². The summed E-state index contributed by atoms with van der Waals surface area (Å²) in [4.78, 5) is 25.3. The largest absolute Gasteiger partial charge is 0.376 e. The molecule has 3 rings (SSSR count). The lowest BCUT2D eigenvalue weighted by atomic mass is 9.83. The molecule has 0 saturated heterocycles.